The molecule has 1 aliphatic carbocycles. The third-order valence-corrected chi connectivity index (χ3v) is 9.83. The SMILES string of the molecule is O=C1CCC(Nc2ccc(N3CCC(O)(CN4CCC5(CC4)CC(NC(=O)OCc4ccccc4)C5)CC3)cc2)C(=O)N1. The Labute approximate surface area is 253 Å². The van der Waals surface area contributed by atoms with E-state index >= 15 is 0 Å². The van der Waals surface area contributed by atoms with E-state index in [0.29, 0.717) is 24.8 Å². The molecule has 43 heavy (non-hydrogen) atoms. The zero-order chi connectivity index (χ0) is 29.9. The highest BCUT2D eigenvalue weighted by molar-refractivity contribution is 6.01. The lowest BCUT2D eigenvalue weighted by atomic mass is 9.60. The Kier molecular flexibility index (Phi) is 8.59. The van der Waals surface area contributed by atoms with Crippen LogP contribution in [-0.4, -0.2) is 78.3 Å². The lowest BCUT2D eigenvalue weighted by Gasteiger charge is -2.53. The number of likely N-dealkylation sites (tertiary alicyclic amines) is 1. The molecule has 1 atom stereocenters. The first kappa shape index (κ1) is 29.4. The second kappa shape index (κ2) is 12.5. The van der Waals surface area contributed by atoms with Crippen molar-refractivity contribution in [2.45, 2.75) is 75.7 Å². The molecule has 10 heteroatoms. The molecule has 4 fully saturated rings. The minimum Gasteiger partial charge on any atom is -0.445 e. The Balaban J connectivity index is 0.890. The van der Waals surface area contributed by atoms with Gasteiger partial charge in [0.2, 0.25) is 11.8 Å². The summed E-state index contributed by atoms with van der Waals surface area (Å²) in [5, 5.41) is 20.1. The van der Waals surface area contributed by atoms with Gasteiger partial charge in [0.25, 0.3) is 0 Å². The summed E-state index contributed by atoms with van der Waals surface area (Å²) >= 11 is 0. The highest BCUT2D eigenvalue weighted by Crippen LogP contribution is 2.49. The van der Waals surface area contributed by atoms with Gasteiger partial charge in [0.15, 0.2) is 0 Å². The molecule has 1 spiro atoms. The molecule has 1 unspecified atom stereocenters. The third-order valence-electron chi connectivity index (χ3n) is 9.83. The van der Waals surface area contributed by atoms with Gasteiger partial charge >= 0.3 is 6.09 Å². The molecule has 2 aromatic rings. The molecule has 3 aliphatic heterocycles. The van der Waals surface area contributed by atoms with E-state index in [1.54, 1.807) is 0 Å². The van der Waals surface area contributed by atoms with Gasteiger partial charge in [-0.3, -0.25) is 14.9 Å². The van der Waals surface area contributed by atoms with Crippen LogP contribution in [-0.2, 0) is 20.9 Å². The smallest absolute Gasteiger partial charge is 0.407 e. The number of imide groups is 1. The number of nitrogens with zero attached hydrogens (tertiary/aromatic N) is 2. The Bertz CT molecular complexity index is 1280. The largest absolute Gasteiger partial charge is 0.445 e. The number of carbonyl (C=O) groups is 3. The molecule has 4 N–H and O–H groups in total. The van der Waals surface area contributed by atoms with Crippen LogP contribution < -0.4 is 20.9 Å². The number of anilines is 2. The standard InChI is InChI=1S/C33H43N5O5/c39-29-11-10-28(30(40)36-29)34-25-6-8-27(9-7-25)38-18-14-33(42,15-19-38)23-37-16-12-32(13-17-37)20-26(21-32)35-31(41)43-22-24-4-2-1-3-5-24/h1-9,26,28,34,42H,10-23H2,(H,35,41)(H,36,39,40). The zero-order valence-corrected chi connectivity index (χ0v) is 24.7. The minimum absolute atomic E-state index is 0.186. The predicted molar refractivity (Wildman–Crippen MR) is 164 cm³/mol. The van der Waals surface area contributed by atoms with Crippen LogP contribution in [0.2, 0.25) is 0 Å². The van der Waals surface area contributed by atoms with E-state index in [9.17, 15) is 19.5 Å². The van der Waals surface area contributed by atoms with Crippen LogP contribution in [0.3, 0.4) is 0 Å². The molecule has 0 aromatic heterocycles. The van der Waals surface area contributed by atoms with Crippen LogP contribution >= 0.6 is 0 Å². The fourth-order valence-electron chi connectivity index (χ4n) is 7.17. The summed E-state index contributed by atoms with van der Waals surface area (Å²) in [6, 6.07) is 17.5. The molecule has 3 heterocycles. The topological polar surface area (TPSA) is 123 Å². The van der Waals surface area contributed by atoms with Gasteiger partial charge < -0.3 is 30.3 Å². The molecule has 1 saturated carbocycles. The van der Waals surface area contributed by atoms with Crippen LogP contribution in [0.5, 0.6) is 0 Å². The first-order valence-electron chi connectivity index (χ1n) is 15.6. The Morgan fingerprint density at radius 1 is 0.953 bits per heavy atom. The monoisotopic (exact) mass is 589 g/mol. The molecular weight excluding hydrogens is 546 g/mol. The van der Waals surface area contributed by atoms with Crippen LogP contribution in [0.1, 0.15) is 56.9 Å². The van der Waals surface area contributed by atoms with Gasteiger partial charge in [0.1, 0.15) is 12.6 Å². The van der Waals surface area contributed by atoms with Crippen LogP contribution in [0.15, 0.2) is 54.6 Å². The van der Waals surface area contributed by atoms with Crippen molar-refractivity contribution in [3.8, 4) is 0 Å². The molecular formula is C33H43N5O5. The van der Waals surface area contributed by atoms with E-state index in [4.69, 9.17) is 4.74 Å². The van der Waals surface area contributed by atoms with Crippen molar-refractivity contribution in [1.29, 1.82) is 0 Å². The maximum atomic E-state index is 12.2. The van der Waals surface area contributed by atoms with Crippen molar-refractivity contribution in [2.75, 3.05) is 42.9 Å². The number of nitrogens with one attached hydrogen (secondary N) is 3. The summed E-state index contributed by atoms with van der Waals surface area (Å²) in [7, 11) is 0. The Morgan fingerprint density at radius 2 is 1.65 bits per heavy atom. The second-order valence-electron chi connectivity index (χ2n) is 13.0. The fraction of sp³-hybridized carbons (Fsp3) is 0.545. The lowest BCUT2D eigenvalue weighted by molar-refractivity contribution is -0.133. The molecule has 6 rings (SSSR count). The zero-order valence-electron chi connectivity index (χ0n) is 24.7. The number of ether oxygens (including phenoxy) is 1. The normalized spacial score (nSPS) is 23.7. The van der Waals surface area contributed by atoms with E-state index in [2.05, 4.69) is 25.8 Å². The van der Waals surface area contributed by atoms with Crippen LogP contribution in [0.25, 0.3) is 0 Å². The van der Waals surface area contributed by atoms with Crippen molar-refractivity contribution in [3.05, 3.63) is 60.2 Å². The fourth-order valence-corrected chi connectivity index (χ4v) is 7.17. The van der Waals surface area contributed by atoms with Crippen LogP contribution in [0.4, 0.5) is 16.2 Å². The van der Waals surface area contributed by atoms with Crippen molar-refractivity contribution in [1.82, 2.24) is 15.5 Å². The molecule has 3 amide bonds. The van der Waals surface area contributed by atoms with Crippen molar-refractivity contribution in [3.63, 3.8) is 0 Å². The average molecular weight is 590 g/mol. The van der Waals surface area contributed by atoms with Gasteiger partial charge in [-0.25, -0.2) is 4.79 Å². The molecule has 2 aromatic carbocycles. The summed E-state index contributed by atoms with van der Waals surface area (Å²) in [4.78, 5) is 40.4. The average Bonchev–Trinajstić information content (AvgIpc) is 2.99. The highest BCUT2D eigenvalue weighted by atomic mass is 16.5. The van der Waals surface area contributed by atoms with Gasteiger partial charge in [-0.05, 0) is 93.3 Å². The van der Waals surface area contributed by atoms with Gasteiger partial charge in [-0.2, -0.15) is 0 Å². The van der Waals surface area contributed by atoms with E-state index in [0.717, 1.165) is 81.6 Å². The summed E-state index contributed by atoms with van der Waals surface area (Å²) in [6.45, 7) is 4.55. The number of amides is 3. The molecule has 230 valence electrons. The minimum atomic E-state index is -0.680. The Morgan fingerprint density at radius 3 is 2.33 bits per heavy atom. The predicted octanol–water partition coefficient (Wildman–Crippen LogP) is 3.41. The van der Waals surface area contributed by atoms with Crippen molar-refractivity contribution >= 4 is 29.3 Å². The first-order valence-corrected chi connectivity index (χ1v) is 15.6. The molecule has 0 bridgehead atoms. The van der Waals surface area contributed by atoms with E-state index in [1.165, 1.54) is 0 Å². The van der Waals surface area contributed by atoms with Crippen molar-refractivity contribution < 1.29 is 24.2 Å². The van der Waals surface area contributed by atoms with E-state index < -0.39 is 11.6 Å². The summed E-state index contributed by atoms with van der Waals surface area (Å²) in [5.41, 5.74) is 2.57. The number of carbonyl (C=O) groups excluding carboxylic acids is 3. The number of alkyl carbamates (subject to hydrolysis) is 1. The molecule has 4 aliphatic rings. The number of hydrogen-bond donors (Lipinski definition) is 4. The van der Waals surface area contributed by atoms with E-state index in [-0.39, 0.29) is 30.6 Å². The first-order chi connectivity index (χ1) is 20.8. The van der Waals surface area contributed by atoms with Gasteiger partial charge in [-0.15, -0.1) is 0 Å². The van der Waals surface area contributed by atoms with E-state index in [1.807, 2.05) is 54.6 Å². The van der Waals surface area contributed by atoms with Crippen molar-refractivity contribution in [2.24, 2.45) is 5.41 Å². The summed E-state index contributed by atoms with van der Waals surface area (Å²) < 4.78 is 5.38. The molecule has 10 nitrogen and oxygen atoms in total. The molecule has 0 radical (unpaired) electrons. The number of hydrogen-bond acceptors (Lipinski definition) is 8. The maximum absolute atomic E-state index is 12.2. The number of piperidine rings is 3. The number of β-amino-alcohol motifs (C(OH)–C–C–N with tert-alkyl or cyclic N) is 1. The summed E-state index contributed by atoms with van der Waals surface area (Å²) in [6.07, 6.45) is 6.17. The Hall–Kier alpha value is -3.63. The third kappa shape index (κ3) is 7.30. The summed E-state index contributed by atoms with van der Waals surface area (Å²) in [5.74, 6) is -0.488. The van der Waals surface area contributed by atoms with Gasteiger partial charge in [0.05, 0.1) is 5.60 Å². The quantitative estimate of drug-likeness (QED) is 0.346. The highest BCUT2D eigenvalue weighted by Gasteiger charge is 2.47. The lowest BCUT2D eigenvalue weighted by Crippen LogP contribution is -2.57. The molecule has 3 saturated heterocycles. The second-order valence-corrected chi connectivity index (χ2v) is 13.0. The van der Waals surface area contributed by atoms with Gasteiger partial charge in [-0.1, -0.05) is 30.3 Å². The van der Waals surface area contributed by atoms with Crippen LogP contribution in [0, 0.1) is 5.41 Å². The number of benzene rings is 2. The van der Waals surface area contributed by atoms with Gasteiger partial charge in [0, 0.05) is 43.5 Å². The maximum Gasteiger partial charge on any atom is 0.407 e. The number of aliphatic hydroxyl groups is 1. The number of rotatable bonds is 8.